The summed E-state index contributed by atoms with van der Waals surface area (Å²) in [4.78, 5) is 24.8. The second kappa shape index (κ2) is 9.26. The van der Waals surface area contributed by atoms with E-state index in [4.69, 9.17) is 0 Å². The molecule has 31 heavy (non-hydrogen) atoms. The number of hydrogen-bond donors (Lipinski definition) is 0. The third-order valence-corrected chi connectivity index (χ3v) is 5.24. The van der Waals surface area contributed by atoms with Crippen LogP contribution in [0.5, 0.6) is 0 Å². The van der Waals surface area contributed by atoms with Gasteiger partial charge in [0, 0.05) is 35.4 Å². The van der Waals surface area contributed by atoms with Gasteiger partial charge in [-0.2, -0.15) is 9.13 Å². The number of nitrogens with zero attached hydrogens (tertiary/aromatic N) is 2. The van der Waals surface area contributed by atoms with Gasteiger partial charge in [0.1, 0.15) is 0 Å². The Hall–Kier alpha value is -3.92. The summed E-state index contributed by atoms with van der Waals surface area (Å²) in [7, 11) is 0. The van der Waals surface area contributed by atoms with Crippen molar-refractivity contribution in [3.05, 3.63) is 120 Å². The molecule has 0 bridgehead atoms. The molecule has 4 heteroatoms. The van der Waals surface area contributed by atoms with E-state index in [0.29, 0.717) is 18.7 Å². The molecule has 0 spiro atoms. The maximum Gasteiger partial charge on any atom is 0.227 e. The highest BCUT2D eigenvalue weighted by Gasteiger charge is 2.14. The van der Waals surface area contributed by atoms with Crippen LogP contribution in [-0.2, 0) is 13.1 Å². The van der Waals surface area contributed by atoms with Crippen molar-refractivity contribution in [1.29, 1.82) is 0 Å². The first kappa shape index (κ1) is 20.4. The molecule has 0 atom stereocenters. The molecule has 2 heterocycles. The van der Waals surface area contributed by atoms with Gasteiger partial charge in [-0.3, -0.25) is 9.59 Å². The Labute approximate surface area is 182 Å². The average Bonchev–Trinajstić information content (AvgIpc) is 2.81. The highest BCUT2D eigenvalue weighted by molar-refractivity contribution is 5.95. The fourth-order valence-electron chi connectivity index (χ4n) is 3.39. The number of pyridine rings is 2. The third-order valence-electron chi connectivity index (χ3n) is 5.24. The molecular weight excluding hydrogens is 384 g/mol. The topological polar surface area (TPSA) is 41.9 Å². The predicted octanol–water partition coefficient (Wildman–Crippen LogP) is 4.00. The highest BCUT2D eigenvalue weighted by atomic mass is 16.1. The molecule has 0 aliphatic rings. The van der Waals surface area contributed by atoms with Gasteiger partial charge in [0.15, 0.2) is 24.8 Å². The van der Waals surface area contributed by atoms with Gasteiger partial charge in [-0.1, -0.05) is 60.2 Å². The SMILES string of the molecule is Cc1ccc(C(=O)C[n+]2ccc(-c3cc[n+](CC(=O)c4ccccc4)cc3)cc2)cc1. The van der Waals surface area contributed by atoms with Crippen LogP contribution in [0.1, 0.15) is 26.3 Å². The van der Waals surface area contributed by atoms with E-state index in [0.717, 1.165) is 22.3 Å². The molecule has 0 N–H and O–H groups in total. The number of carbonyl (C=O) groups is 2. The second-order valence-corrected chi connectivity index (χ2v) is 7.60. The monoisotopic (exact) mass is 408 g/mol. The van der Waals surface area contributed by atoms with Crippen LogP contribution < -0.4 is 9.13 Å². The van der Waals surface area contributed by atoms with Gasteiger partial charge in [-0.05, 0) is 18.1 Å². The third kappa shape index (κ3) is 5.17. The van der Waals surface area contributed by atoms with Crippen molar-refractivity contribution in [2.45, 2.75) is 20.0 Å². The van der Waals surface area contributed by atoms with E-state index in [9.17, 15) is 9.59 Å². The highest BCUT2D eigenvalue weighted by Crippen LogP contribution is 2.15. The van der Waals surface area contributed by atoms with Crippen molar-refractivity contribution in [1.82, 2.24) is 0 Å². The van der Waals surface area contributed by atoms with Crippen LogP contribution in [-0.4, -0.2) is 11.6 Å². The fraction of sp³-hybridized carbons (Fsp3) is 0.111. The molecule has 0 fully saturated rings. The minimum atomic E-state index is 0.0809. The Balaban J connectivity index is 1.40. The van der Waals surface area contributed by atoms with Gasteiger partial charge in [0.25, 0.3) is 0 Å². The van der Waals surface area contributed by atoms with E-state index in [1.807, 2.05) is 120 Å². The van der Waals surface area contributed by atoms with Crippen molar-refractivity contribution in [3.8, 4) is 11.1 Å². The number of benzene rings is 2. The number of aryl methyl sites for hydroxylation is 1. The summed E-state index contributed by atoms with van der Waals surface area (Å²) in [6, 6.07) is 24.9. The molecule has 4 rings (SSSR count). The molecule has 152 valence electrons. The van der Waals surface area contributed by atoms with E-state index in [-0.39, 0.29) is 11.6 Å². The Kier molecular flexibility index (Phi) is 6.08. The van der Waals surface area contributed by atoms with Crippen LogP contribution in [0.3, 0.4) is 0 Å². The summed E-state index contributed by atoms with van der Waals surface area (Å²) in [5.41, 5.74) is 4.69. The summed E-state index contributed by atoms with van der Waals surface area (Å²) in [6.45, 7) is 2.62. The Bertz CT molecular complexity index is 1180. The molecule has 0 saturated carbocycles. The van der Waals surface area contributed by atoms with Crippen LogP contribution in [0.2, 0.25) is 0 Å². The standard InChI is InChI=1S/C27H24N2O2/c1-21-7-9-25(10-8-21)27(31)20-29-17-13-23(14-18-29)22-11-15-28(16-12-22)19-26(30)24-5-3-2-4-6-24/h2-18H,19-20H2,1H3/q+2. The first-order valence-corrected chi connectivity index (χ1v) is 10.3. The zero-order valence-electron chi connectivity index (χ0n) is 17.4. The number of carbonyl (C=O) groups excluding carboxylic acids is 2. The van der Waals surface area contributed by atoms with Gasteiger partial charge in [0.2, 0.25) is 24.7 Å². The molecule has 2 aromatic heterocycles. The van der Waals surface area contributed by atoms with E-state index in [2.05, 4.69) is 0 Å². The molecule has 4 aromatic rings. The normalized spacial score (nSPS) is 10.6. The smallest absolute Gasteiger partial charge is 0.227 e. The minimum Gasteiger partial charge on any atom is -0.287 e. The van der Waals surface area contributed by atoms with Crippen molar-refractivity contribution in [2.75, 3.05) is 0 Å². The lowest BCUT2D eigenvalue weighted by atomic mass is 10.1. The first-order valence-electron chi connectivity index (χ1n) is 10.3. The second-order valence-electron chi connectivity index (χ2n) is 7.60. The van der Waals surface area contributed by atoms with Gasteiger partial charge >= 0.3 is 0 Å². The first-order chi connectivity index (χ1) is 15.1. The lowest BCUT2D eigenvalue weighted by molar-refractivity contribution is -0.683. The predicted molar refractivity (Wildman–Crippen MR) is 119 cm³/mol. The van der Waals surface area contributed by atoms with E-state index in [1.165, 1.54) is 0 Å². The Morgan fingerprint density at radius 2 is 1.00 bits per heavy atom. The van der Waals surface area contributed by atoms with Crippen LogP contribution in [0.15, 0.2) is 104 Å². The summed E-state index contributed by atoms with van der Waals surface area (Å²) in [6.07, 6.45) is 7.67. The quantitative estimate of drug-likeness (QED) is 0.343. The molecule has 0 aliphatic heterocycles. The Morgan fingerprint density at radius 1 is 0.581 bits per heavy atom. The summed E-state index contributed by atoms with van der Waals surface area (Å²) < 4.78 is 3.76. The van der Waals surface area contributed by atoms with Gasteiger partial charge in [-0.15, -0.1) is 0 Å². The molecule has 4 nitrogen and oxygen atoms in total. The van der Waals surface area contributed by atoms with Gasteiger partial charge in [-0.25, -0.2) is 0 Å². The zero-order chi connectivity index (χ0) is 21.6. The summed E-state index contributed by atoms with van der Waals surface area (Å²) >= 11 is 0. The molecule has 0 amide bonds. The van der Waals surface area contributed by atoms with Gasteiger partial charge in [0.05, 0.1) is 0 Å². The van der Waals surface area contributed by atoms with E-state index in [1.54, 1.807) is 0 Å². The zero-order valence-corrected chi connectivity index (χ0v) is 17.4. The van der Waals surface area contributed by atoms with Crippen molar-refractivity contribution < 1.29 is 18.7 Å². The summed E-state index contributed by atoms with van der Waals surface area (Å²) in [5, 5.41) is 0. The molecule has 0 radical (unpaired) electrons. The number of Topliss-reactive ketones (excluding diaryl/α,β-unsaturated/α-hetero) is 2. The number of rotatable bonds is 7. The van der Waals surface area contributed by atoms with Crippen LogP contribution in [0.25, 0.3) is 11.1 Å². The number of hydrogen-bond acceptors (Lipinski definition) is 2. The summed E-state index contributed by atoms with van der Waals surface area (Å²) in [5.74, 6) is 0.166. The van der Waals surface area contributed by atoms with Crippen LogP contribution >= 0.6 is 0 Å². The maximum atomic E-state index is 12.5. The average molecular weight is 409 g/mol. The lowest BCUT2D eigenvalue weighted by Gasteiger charge is -2.02. The largest absolute Gasteiger partial charge is 0.287 e. The molecule has 0 unspecified atom stereocenters. The number of aromatic nitrogens is 2. The van der Waals surface area contributed by atoms with Crippen LogP contribution in [0.4, 0.5) is 0 Å². The van der Waals surface area contributed by atoms with Gasteiger partial charge < -0.3 is 0 Å². The molecule has 0 aliphatic carbocycles. The van der Waals surface area contributed by atoms with E-state index >= 15 is 0 Å². The lowest BCUT2D eigenvalue weighted by Crippen LogP contribution is -2.37. The molecule has 2 aromatic carbocycles. The molecule has 0 saturated heterocycles. The van der Waals surface area contributed by atoms with Crippen LogP contribution in [0, 0.1) is 6.92 Å². The van der Waals surface area contributed by atoms with E-state index < -0.39 is 0 Å². The maximum absolute atomic E-state index is 12.5. The number of ketones is 2. The van der Waals surface area contributed by atoms with Crippen molar-refractivity contribution in [2.24, 2.45) is 0 Å². The van der Waals surface area contributed by atoms with Crippen molar-refractivity contribution in [3.63, 3.8) is 0 Å². The minimum absolute atomic E-state index is 0.0809. The fourth-order valence-corrected chi connectivity index (χ4v) is 3.39. The molecular formula is C27H24N2O2+2. The van der Waals surface area contributed by atoms with Crippen molar-refractivity contribution >= 4 is 11.6 Å². The Morgan fingerprint density at radius 3 is 1.45 bits per heavy atom.